The lowest BCUT2D eigenvalue weighted by molar-refractivity contribution is -0.149. The monoisotopic (exact) mass is 297 g/mol. The molecule has 0 bridgehead atoms. The number of carbonyl (C=O) groups excluding carboxylic acids is 1. The van der Waals surface area contributed by atoms with Gasteiger partial charge in [0, 0.05) is 12.6 Å². The second kappa shape index (κ2) is 7.61. The van der Waals surface area contributed by atoms with Crippen LogP contribution in [0.15, 0.2) is 24.3 Å². The summed E-state index contributed by atoms with van der Waals surface area (Å²) in [6.07, 6.45) is 0.841. The Morgan fingerprint density at radius 3 is 2.52 bits per heavy atom. The van der Waals surface area contributed by atoms with E-state index < -0.39 is 23.1 Å². The Morgan fingerprint density at radius 1 is 1.33 bits per heavy atom. The molecule has 1 rings (SSSR count). The average Bonchev–Trinajstić information content (AvgIpc) is 2.46. The van der Waals surface area contributed by atoms with Crippen molar-refractivity contribution in [2.24, 2.45) is 5.41 Å². The molecule has 0 radical (unpaired) electrons. The fourth-order valence-electron chi connectivity index (χ4n) is 1.90. The van der Waals surface area contributed by atoms with Gasteiger partial charge < -0.3 is 15.2 Å². The van der Waals surface area contributed by atoms with Gasteiger partial charge in [-0.3, -0.25) is 9.59 Å². The highest BCUT2D eigenvalue weighted by molar-refractivity contribution is 5.80. The minimum atomic E-state index is -0.964. The molecule has 21 heavy (non-hydrogen) atoms. The normalized spacial score (nSPS) is 11.0. The van der Waals surface area contributed by atoms with Gasteiger partial charge in [-0.25, -0.2) is 4.39 Å². The summed E-state index contributed by atoms with van der Waals surface area (Å²) in [5.41, 5.74) is -0.964. The van der Waals surface area contributed by atoms with E-state index in [0.717, 1.165) is 0 Å². The summed E-state index contributed by atoms with van der Waals surface area (Å²) in [7, 11) is 0. The average molecular weight is 297 g/mol. The molecule has 5 nitrogen and oxygen atoms in total. The predicted molar refractivity (Wildman–Crippen MR) is 75.6 cm³/mol. The predicted octanol–water partition coefficient (Wildman–Crippen LogP) is 2.21. The third-order valence-corrected chi connectivity index (χ3v) is 3.60. The molecular formula is C15H20FNO4. The van der Waals surface area contributed by atoms with E-state index >= 15 is 0 Å². The SMILES string of the molecule is CCC(CC)(CNC(=O)COc1cccc(F)c1)C(=O)O. The zero-order valence-electron chi connectivity index (χ0n) is 12.2. The number of nitrogens with one attached hydrogen (secondary N) is 1. The summed E-state index contributed by atoms with van der Waals surface area (Å²) in [5, 5.41) is 11.8. The molecule has 0 aliphatic carbocycles. The molecule has 0 aliphatic rings. The zero-order valence-corrected chi connectivity index (χ0v) is 12.2. The molecule has 0 saturated heterocycles. The summed E-state index contributed by atoms with van der Waals surface area (Å²) in [6, 6.07) is 5.46. The second-order valence-electron chi connectivity index (χ2n) is 4.82. The number of aliphatic carboxylic acids is 1. The molecule has 2 N–H and O–H groups in total. The molecule has 0 heterocycles. The van der Waals surface area contributed by atoms with Gasteiger partial charge in [-0.15, -0.1) is 0 Å². The molecule has 1 amide bonds. The van der Waals surface area contributed by atoms with Crippen molar-refractivity contribution in [1.82, 2.24) is 5.32 Å². The highest BCUT2D eigenvalue weighted by Crippen LogP contribution is 2.25. The van der Waals surface area contributed by atoms with Gasteiger partial charge in [0.15, 0.2) is 6.61 Å². The molecule has 0 aliphatic heterocycles. The van der Waals surface area contributed by atoms with E-state index in [1.54, 1.807) is 13.8 Å². The van der Waals surface area contributed by atoms with E-state index in [9.17, 15) is 19.1 Å². The number of carbonyl (C=O) groups is 2. The molecule has 0 fully saturated rings. The number of ether oxygens (including phenoxy) is 1. The largest absolute Gasteiger partial charge is 0.484 e. The van der Waals surface area contributed by atoms with Gasteiger partial charge in [0.1, 0.15) is 11.6 Å². The van der Waals surface area contributed by atoms with Gasteiger partial charge in [-0.1, -0.05) is 19.9 Å². The molecule has 0 unspecified atom stereocenters. The van der Waals surface area contributed by atoms with Gasteiger partial charge >= 0.3 is 5.97 Å². The first-order valence-corrected chi connectivity index (χ1v) is 6.82. The van der Waals surface area contributed by atoms with Crippen LogP contribution in [-0.4, -0.2) is 30.1 Å². The minimum absolute atomic E-state index is 0.0423. The molecular weight excluding hydrogens is 277 g/mol. The maximum Gasteiger partial charge on any atom is 0.311 e. The van der Waals surface area contributed by atoms with Crippen molar-refractivity contribution < 1.29 is 23.8 Å². The topological polar surface area (TPSA) is 75.6 Å². The van der Waals surface area contributed by atoms with E-state index in [1.165, 1.54) is 24.3 Å². The van der Waals surface area contributed by atoms with Crippen LogP contribution in [0.3, 0.4) is 0 Å². The number of benzene rings is 1. The minimum Gasteiger partial charge on any atom is -0.484 e. The highest BCUT2D eigenvalue weighted by atomic mass is 19.1. The van der Waals surface area contributed by atoms with Crippen LogP contribution >= 0.6 is 0 Å². The molecule has 0 atom stereocenters. The molecule has 1 aromatic carbocycles. The third-order valence-electron chi connectivity index (χ3n) is 3.60. The Hall–Kier alpha value is -2.11. The maximum atomic E-state index is 12.9. The van der Waals surface area contributed by atoms with Crippen LogP contribution in [0.5, 0.6) is 5.75 Å². The number of halogens is 1. The number of amides is 1. The quantitative estimate of drug-likeness (QED) is 0.771. The van der Waals surface area contributed by atoms with E-state index in [-0.39, 0.29) is 18.9 Å². The molecule has 6 heteroatoms. The molecule has 1 aromatic rings. The molecule has 0 spiro atoms. The van der Waals surface area contributed by atoms with Crippen molar-refractivity contribution in [3.63, 3.8) is 0 Å². The van der Waals surface area contributed by atoms with Crippen LogP contribution in [0.25, 0.3) is 0 Å². The Bertz CT molecular complexity index is 500. The first-order chi connectivity index (χ1) is 9.93. The standard InChI is InChI=1S/C15H20FNO4/c1-3-15(4-2,14(19)20)10-17-13(18)9-21-12-7-5-6-11(16)8-12/h5-8H,3-4,9-10H2,1-2H3,(H,17,18)(H,19,20). The Labute approximate surface area is 123 Å². The number of carboxylic acid groups (broad SMARTS) is 1. The van der Waals surface area contributed by atoms with Crippen LogP contribution in [-0.2, 0) is 9.59 Å². The molecule has 0 saturated carbocycles. The lowest BCUT2D eigenvalue weighted by Crippen LogP contribution is -2.43. The van der Waals surface area contributed by atoms with Crippen molar-refractivity contribution in [2.45, 2.75) is 26.7 Å². The number of hydrogen-bond acceptors (Lipinski definition) is 3. The maximum absolute atomic E-state index is 12.9. The van der Waals surface area contributed by atoms with Gasteiger partial charge in [0.2, 0.25) is 0 Å². The summed E-state index contributed by atoms with van der Waals surface area (Å²) < 4.78 is 18.1. The van der Waals surface area contributed by atoms with Crippen LogP contribution in [0, 0.1) is 11.2 Å². The lowest BCUT2D eigenvalue weighted by Gasteiger charge is -2.26. The van der Waals surface area contributed by atoms with Gasteiger partial charge in [0.25, 0.3) is 5.91 Å². The number of hydrogen-bond donors (Lipinski definition) is 2. The Kier molecular flexibility index (Phi) is 6.14. The first kappa shape index (κ1) is 16.9. The fraction of sp³-hybridized carbons (Fsp3) is 0.467. The van der Waals surface area contributed by atoms with E-state index in [4.69, 9.17) is 4.74 Å². The third kappa shape index (κ3) is 4.73. The summed E-state index contributed by atoms with van der Waals surface area (Å²) >= 11 is 0. The van der Waals surface area contributed by atoms with Crippen LogP contribution < -0.4 is 10.1 Å². The lowest BCUT2D eigenvalue weighted by atomic mass is 9.82. The fourth-order valence-corrected chi connectivity index (χ4v) is 1.90. The van der Waals surface area contributed by atoms with Gasteiger partial charge in [-0.05, 0) is 25.0 Å². The first-order valence-electron chi connectivity index (χ1n) is 6.82. The molecule has 116 valence electrons. The van der Waals surface area contributed by atoms with Crippen molar-refractivity contribution in [2.75, 3.05) is 13.2 Å². The summed E-state index contributed by atoms with van der Waals surface area (Å²) in [6.45, 7) is 3.30. The summed E-state index contributed by atoms with van der Waals surface area (Å²) in [5.74, 6) is -1.57. The Balaban J connectivity index is 2.49. The Morgan fingerprint density at radius 2 is 2.00 bits per heavy atom. The van der Waals surface area contributed by atoms with Crippen molar-refractivity contribution in [1.29, 1.82) is 0 Å². The van der Waals surface area contributed by atoms with Crippen molar-refractivity contribution >= 4 is 11.9 Å². The van der Waals surface area contributed by atoms with Crippen molar-refractivity contribution in [3.05, 3.63) is 30.1 Å². The van der Waals surface area contributed by atoms with Crippen LogP contribution in [0.2, 0.25) is 0 Å². The van der Waals surface area contributed by atoms with E-state index in [0.29, 0.717) is 12.8 Å². The van der Waals surface area contributed by atoms with E-state index in [2.05, 4.69) is 5.32 Å². The van der Waals surface area contributed by atoms with Crippen molar-refractivity contribution in [3.8, 4) is 5.75 Å². The molecule has 0 aromatic heterocycles. The number of rotatable bonds is 8. The van der Waals surface area contributed by atoms with Gasteiger partial charge in [0.05, 0.1) is 5.41 Å². The highest BCUT2D eigenvalue weighted by Gasteiger charge is 2.35. The smallest absolute Gasteiger partial charge is 0.311 e. The number of carboxylic acids is 1. The second-order valence-corrected chi connectivity index (χ2v) is 4.82. The van der Waals surface area contributed by atoms with Crippen LogP contribution in [0.4, 0.5) is 4.39 Å². The van der Waals surface area contributed by atoms with Crippen LogP contribution in [0.1, 0.15) is 26.7 Å². The van der Waals surface area contributed by atoms with E-state index in [1.807, 2.05) is 0 Å². The summed E-state index contributed by atoms with van der Waals surface area (Å²) in [4.78, 5) is 23.0. The van der Waals surface area contributed by atoms with Gasteiger partial charge in [-0.2, -0.15) is 0 Å². The zero-order chi connectivity index (χ0) is 15.9.